The van der Waals surface area contributed by atoms with Gasteiger partial charge in [-0.1, -0.05) is 50.5 Å². The van der Waals surface area contributed by atoms with Crippen molar-refractivity contribution in [2.45, 2.75) is 83.0 Å². The van der Waals surface area contributed by atoms with Gasteiger partial charge in [0.05, 0.1) is 17.8 Å². The zero-order valence-electron chi connectivity index (χ0n) is 15.5. The number of aliphatic hydroxyl groups is 3. The molecule has 4 N–H and O–H groups in total. The van der Waals surface area contributed by atoms with Crippen molar-refractivity contribution in [2.75, 3.05) is 0 Å². The number of carboxylic acids is 1. The van der Waals surface area contributed by atoms with Crippen molar-refractivity contribution in [1.82, 2.24) is 0 Å². The SMILES string of the molecule is CCCCCC(C)(O)/C=C/[C@@H]1[C@@H](C/C=C/CCC(=O)O)[C@@H](O)C[C@H]1O. The Balaban J connectivity index is 2.61. The molecule has 0 aromatic rings. The van der Waals surface area contributed by atoms with Gasteiger partial charge < -0.3 is 20.4 Å². The van der Waals surface area contributed by atoms with E-state index >= 15 is 0 Å². The highest BCUT2D eigenvalue weighted by Crippen LogP contribution is 2.37. The van der Waals surface area contributed by atoms with E-state index in [9.17, 15) is 20.1 Å². The summed E-state index contributed by atoms with van der Waals surface area (Å²) in [5, 5.41) is 39.5. The first-order chi connectivity index (χ1) is 11.8. The molecular formula is C20H34O5. The van der Waals surface area contributed by atoms with Gasteiger partial charge in [0.25, 0.3) is 0 Å². The Morgan fingerprint density at radius 1 is 1.20 bits per heavy atom. The van der Waals surface area contributed by atoms with Crippen molar-refractivity contribution in [3.05, 3.63) is 24.3 Å². The van der Waals surface area contributed by atoms with Crippen LogP contribution >= 0.6 is 0 Å². The summed E-state index contributed by atoms with van der Waals surface area (Å²) in [5.41, 5.74) is -0.899. The van der Waals surface area contributed by atoms with E-state index in [4.69, 9.17) is 5.11 Å². The van der Waals surface area contributed by atoms with Crippen LogP contribution in [0.4, 0.5) is 0 Å². The summed E-state index contributed by atoms with van der Waals surface area (Å²) in [6, 6.07) is 0. The van der Waals surface area contributed by atoms with Crippen LogP contribution < -0.4 is 0 Å². The lowest BCUT2D eigenvalue weighted by Gasteiger charge is -2.23. The van der Waals surface area contributed by atoms with Gasteiger partial charge >= 0.3 is 5.97 Å². The average Bonchev–Trinajstić information content (AvgIpc) is 2.78. The monoisotopic (exact) mass is 354 g/mol. The molecule has 1 aliphatic rings. The van der Waals surface area contributed by atoms with E-state index in [1.807, 2.05) is 18.2 Å². The maximum atomic E-state index is 10.5. The lowest BCUT2D eigenvalue weighted by atomic mass is 9.88. The van der Waals surface area contributed by atoms with E-state index in [1.165, 1.54) is 0 Å². The summed E-state index contributed by atoms with van der Waals surface area (Å²) in [6.45, 7) is 3.90. The van der Waals surface area contributed by atoms with Gasteiger partial charge in [0.1, 0.15) is 0 Å². The van der Waals surface area contributed by atoms with Crippen LogP contribution in [0.5, 0.6) is 0 Å². The Labute approximate surface area is 151 Å². The molecule has 5 heteroatoms. The van der Waals surface area contributed by atoms with Crippen molar-refractivity contribution < 1.29 is 25.2 Å². The molecule has 25 heavy (non-hydrogen) atoms. The number of unbranched alkanes of at least 4 members (excludes halogenated alkanes) is 2. The second kappa shape index (κ2) is 10.7. The minimum absolute atomic E-state index is 0.0936. The van der Waals surface area contributed by atoms with Crippen molar-refractivity contribution in [3.63, 3.8) is 0 Å². The second-order valence-corrected chi connectivity index (χ2v) is 7.42. The Hall–Kier alpha value is -1.17. The molecule has 0 heterocycles. The molecule has 0 aliphatic heterocycles. The molecule has 5 nitrogen and oxygen atoms in total. The molecule has 0 bridgehead atoms. The maximum absolute atomic E-state index is 10.5. The minimum Gasteiger partial charge on any atom is -0.481 e. The molecule has 0 aromatic carbocycles. The van der Waals surface area contributed by atoms with Crippen LogP contribution in [0, 0.1) is 11.8 Å². The van der Waals surface area contributed by atoms with Crippen LogP contribution in [-0.4, -0.2) is 44.2 Å². The number of carbonyl (C=O) groups is 1. The van der Waals surface area contributed by atoms with Crippen molar-refractivity contribution in [1.29, 1.82) is 0 Å². The smallest absolute Gasteiger partial charge is 0.303 e. The van der Waals surface area contributed by atoms with Gasteiger partial charge in [-0.25, -0.2) is 0 Å². The van der Waals surface area contributed by atoms with Gasteiger partial charge in [0.15, 0.2) is 0 Å². The fraction of sp³-hybridized carbons (Fsp3) is 0.750. The molecule has 144 valence electrons. The van der Waals surface area contributed by atoms with E-state index in [0.29, 0.717) is 25.7 Å². The Kier molecular flexibility index (Phi) is 9.39. The molecule has 0 radical (unpaired) electrons. The highest BCUT2D eigenvalue weighted by molar-refractivity contribution is 5.66. The first kappa shape index (κ1) is 21.9. The van der Waals surface area contributed by atoms with E-state index < -0.39 is 23.8 Å². The van der Waals surface area contributed by atoms with Gasteiger partial charge in [-0.2, -0.15) is 0 Å². The van der Waals surface area contributed by atoms with Crippen LogP contribution in [0.3, 0.4) is 0 Å². The highest BCUT2D eigenvalue weighted by Gasteiger charge is 2.39. The first-order valence-corrected chi connectivity index (χ1v) is 9.41. The van der Waals surface area contributed by atoms with E-state index in [2.05, 4.69) is 6.92 Å². The summed E-state index contributed by atoms with van der Waals surface area (Å²) in [7, 11) is 0. The highest BCUT2D eigenvalue weighted by atomic mass is 16.4. The van der Waals surface area contributed by atoms with Crippen molar-refractivity contribution >= 4 is 5.97 Å². The summed E-state index contributed by atoms with van der Waals surface area (Å²) in [5.74, 6) is -1.14. The third-order valence-corrected chi connectivity index (χ3v) is 4.98. The fourth-order valence-electron chi connectivity index (χ4n) is 3.42. The lowest BCUT2D eigenvalue weighted by Crippen LogP contribution is -2.24. The summed E-state index contributed by atoms with van der Waals surface area (Å²) in [6.07, 6.45) is 11.4. The Bertz CT molecular complexity index is 455. The molecule has 1 saturated carbocycles. The minimum atomic E-state index is -0.899. The molecule has 0 aromatic heterocycles. The van der Waals surface area contributed by atoms with Crippen LogP contribution in [0.15, 0.2) is 24.3 Å². The van der Waals surface area contributed by atoms with Gasteiger partial charge in [-0.15, -0.1) is 0 Å². The molecule has 5 atom stereocenters. The van der Waals surface area contributed by atoms with Gasteiger partial charge in [-0.3, -0.25) is 4.79 Å². The van der Waals surface area contributed by atoms with E-state index in [-0.39, 0.29) is 18.3 Å². The molecule has 1 unspecified atom stereocenters. The molecule has 0 amide bonds. The average molecular weight is 354 g/mol. The van der Waals surface area contributed by atoms with Crippen LogP contribution in [0.2, 0.25) is 0 Å². The molecule has 1 fully saturated rings. The predicted molar refractivity (Wildman–Crippen MR) is 98.1 cm³/mol. The van der Waals surface area contributed by atoms with Crippen LogP contribution in [-0.2, 0) is 4.79 Å². The van der Waals surface area contributed by atoms with Gasteiger partial charge in [0, 0.05) is 18.8 Å². The largest absolute Gasteiger partial charge is 0.481 e. The van der Waals surface area contributed by atoms with Crippen molar-refractivity contribution in [2.24, 2.45) is 11.8 Å². The number of allylic oxidation sites excluding steroid dienone is 2. The molecule has 0 saturated heterocycles. The van der Waals surface area contributed by atoms with E-state index in [0.717, 1.165) is 19.3 Å². The first-order valence-electron chi connectivity index (χ1n) is 9.41. The third-order valence-electron chi connectivity index (χ3n) is 4.98. The van der Waals surface area contributed by atoms with Gasteiger partial charge in [-0.05, 0) is 32.1 Å². The quantitative estimate of drug-likeness (QED) is 0.338. The predicted octanol–water partition coefficient (Wildman–Crippen LogP) is 3.04. The zero-order chi connectivity index (χ0) is 18.9. The van der Waals surface area contributed by atoms with Crippen molar-refractivity contribution in [3.8, 4) is 0 Å². The number of aliphatic hydroxyl groups excluding tert-OH is 2. The standard InChI is InChI=1S/C20H34O5/c1-3-4-8-12-20(2,25)13-11-16-15(17(21)14-18(16)22)9-6-5-7-10-19(23)24/h5-6,11,13,15-18,21-22,25H,3-4,7-10,12,14H2,1-2H3,(H,23,24)/b6-5+,13-11+/t15-,16-,17+,18-,20?/m1/s1. The number of hydrogen-bond acceptors (Lipinski definition) is 4. The maximum Gasteiger partial charge on any atom is 0.303 e. The van der Waals surface area contributed by atoms with Crippen LogP contribution in [0.1, 0.15) is 65.2 Å². The molecule has 0 spiro atoms. The summed E-state index contributed by atoms with van der Waals surface area (Å²) >= 11 is 0. The molecule has 1 rings (SSSR count). The number of rotatable bonds is 11. The summed E-state index contributed by atoms with van der Waals surface area (Å²) < 4.78 is 0. The molecular weight excluding hydrogens is 320 g/mol. The number of aliphatic carboxylic acids is 1. The Morgan fingerprint density at radius 3 is 2.56 bits per heavy atom. The van der Waals surface area contributed by atoms with E-state index in [1.54, 1.807) is 13.0 Å². The number of hydrogen-bond donors (Lipinski definition) is 4. The summed E-state index contributed by atoms with van der Waals surface area (Å²) in [4.78, 5) is 10.5. The third kappa shape index (κ3) is 8.17. The zero-order valence-corrected chi connectivity index (χ0v) is 15.5. The topological polar surface area (TPSA) is 98.0 Å². The molecule has 1 aliphatic carbocycles. The lowest BCUT2D eigenvalue weighted by molar-refractivity contribution is -0.136. The number of carboxylic acid groups (broad SMARTS) is 1. The van der Waals surface area contributed by atoms with Crippen LogP contribution in [0.25, 0.3) is 0 Å². The van der Waals surface area contributed by atoms with Gasteiger partial charge in [0.2, 0.25) is 0 Å². The fourth-order valence-corrected chi connectivity index (χ4v) is 3.42. The normalized spacial score (nSPS) is 29.5. The Morgan fingerprint density at radius 2 is 1.92 bits per heavy atom. The second-order valence-electron chi connectivity index (χ2n) is 7.42.